The maximum absolute atomic E-state index is 13.5. The Bertz CT molecular complexity index is 598. The van der Waals surface area contributed by atoms with Crippen LogP contribution in [0.15, 0.2) is 35.2 Å². The molecule has 0 saturated heterocycles. The van der Waals surface area contributed by atoms with Gasteiger partial charge >= 0.3 is 0 Å². The van der Waals surface area contributed by atoms with Crippen molar-refractivity contribution in [2.24, 2.45) is 0 Å². The van der Waals surface area contributed by atoms with E-state index in [1.54, 1.807) is 6.92 Å². The molecule has 1 aromatic rings. The summed E-state index contributed by atoms with van der Waals surface area (Å²) in [5.41, 5.74) is 0.0484. The molecule has 98 valence electrons. The standard InChI is InChI=1S/C10H11FN2O4S/c1-7(2)6-12-18(16,17)10-4-3-8(13(14)15)5-9(10)11/h3-5,12H,1,6H2,2H3. The van der Waals surface area contributed by atoms with Gasteiger partial charge in [-0.05, 0) is 13.0 Å². The molecule has 18 heavy (non-hydrogen) atoms. The fourth-order valence-electron chi connectivity index (χ4n) is 1.12. The van der Waals surface area contributed by atoms with Crippen LogP contribution in [0.3, 0.4) is 0 Å². The molecule has 0 unspecified atom stereocenters. The predicted molar refractivity (Wildman–Crippen MR) is 63.1 cm³/mol. The maximum atomic E-state index is 13.5. The third kappa shape index (κ3) is 3.34. The van der Waals surface area contributed by atoms with Crippen molar-refractivity contribution in [3.05, 3.63) is 46.3 Å². The van der Waals surface area contributed by atoms with Crippen molar-refractivity contribution in [1.82, 2.24) is 4.72 Å². The molecule has 0 saturated carbocycles. The minimum Gasteiger partial charge on any atom is -0.258 e. The van der Waals surface area contributed by atoms with E-state index < -0.39 is 31.3 Å². The first-order valence-corrected chi connectivity index (χ1v) is 6.30. The Morgan fingerprint density at radius 2 is 2.17 bits per heavy atom. The molecule has 0 heterocycles. The minimum atomic E-state index is -4.04. The lowest BCUT2D eigenvalue weighted by Crippen LogP contribution is -2.26. The first-order valence-electron chi connectivity index (χ1n) is 4.82. The van der Waals surface area contributed by atoms with Gasteiger partial charge in [0.15, 0.2) is 0 Å². The van der Waals surface area contributed by atoms with Gasteiger partial charge in [-0.15, -0.1) is 0 Å². The lowest BCUT2D eigenvalue weighted by Gasteiger charge is -2.07. The van der Waals surface area contributed by atoms with Gasteiger partial charge < -0.3 is 0 Å². The Hall–Kier alpha value is -1.80. The number of non-ortho nitro benzene ring substituents is 1. The molecule has 0 radical (unpaired) electrons. The normalized spacial score (nSPS) is 11.2. The van der Waals surface area contributed by atoms with Gasteiger partial charge in [-0.1, -0.05) is 12.2 Å². The van der Waals surface area contributed by atoms with Crippen LogP contribution in [0.1, 0.15) is 6.92 Å². The average molecular weight is 274 g/mol. The van der Waals surface area contributed by atoms with Crippen LogP contribution in [0.4, 0.5) is 10.1 Å². The van der Waals surface area contributed by atoms with Crippen LogP contribution in [0.25, 0.3) is 0 Å². The zero-order chi connectivity index (χ0) is 13.9. The Labute approximate surface area is 103 Å². The number of rotatable bonds is 5. The Morgan fingerprint density at radius 1 is 1.56 bits per heavy atom. The fraction of sp³-hybridized carbons (Fsp3) is 0.200. The molecule has 0 aliphatic rings. The number of nitrogens with zero attached hydrogens (tertiary/aromatic N) is 1. The van der Waals surface area contributed by atoms with Crippen LogP contribution in [0.2, 0.25) is 0 Å². The highest BCUT2D eigenvalue weighted by Crippen LogP contribution is 2.20. The molecule has 6 nitrogen and oxygen atoms in total. The molecule has 8 heteroatoms. The van der Waals surface area contributed by atoms with Gasteiger partial charge in [0.05, 0.1) is 11.0 Å². The van der Waals surface area contributed by atoms with Crippen molar-refractivity contribution in [3.8, 4) is 0 Å². The fourth-order valence-corrected chi connectivity index (χ4v) is 2.27. The second kappa shape index (κ2) is 5.23. The molecule has 0 aliphatic carbocycles. The Balaban J connectivity index is 3.10. The first-order chi connectivity index (χ1) is 8.24. The van der Waals surface area contributed by atoms with Crippen molar-refractivity contribution < 1.29 is 17.7 Å². The van der Waals surface area contributed by atoms with Crippen molar-refractivity contribution >= 4 is 15.7 Å². The molecule has 1 rings (SSSR count). The van der Waals surface area contributed by atoms with E-state index in [2.05, 4.69) is 11.3 Å². The Kier molecular flexibility index (Phi) is 4.15. The first kappa shape index (κ1) is 14.3. The molecule has 0 amide bonds. The van der Waals surface area contributed by atoms with Gasteiger partial charge in [0, 0.05) is 12.6 Å². The second-order valence-corrected chi connectivity index (χ2v) is 5.39. The number of hydrogen-bond donors (Lipinski definition) is 1. The number of sulfonamides is 1. The van der Waals surface area contributed by atoms with Gasteiger partial charge in [0.25, 0.3) is 5.69 Å². The molecule has 0 aromatic heterocycles. The smallest absolute Gasteiger partial charge is 0.258 e. The molecule has 1 N–H and O–H groups in total. The van der Waals surface area contributed by atoms with Gasteiger partial charge in [-0.3, -0.25) is 10.1 Å². The van der Waals surface area contributed by atoms with Crippen molar-refractivity contribution in [1.29, 1.82) is 0 Å². The molecule has 0 fully saturated rings. The summed E-state index contributed by atoms with van der Waals surface area (Å²) in [6.07, 6.45) is 0. The van der Waals surface area contributed by atoms with E-state index in [9.17, 15) is 22.9 Å². The molecule has 1 aromatic carbocycles. The van der Waals surface area contributed by atoms with E-state index in [0.717, 1.165) is 12.1 Å². The van der Waals surface area contributed by atoms with Crippen LogP contribution in [0, 0.1) is 15.9 Å². The zero-order valence-corrected chi connectivity index (χ0v) is 10.3. The quantitative estimate of drug-likeness (QED) is 0.501. The molecule has 0 spiro atoms. The highest BCUT2D eigenvalue weighted by molar-refractivity contribution is 7.89. The molecule has 0 aliphatic heterocycles. The van der Waals surface area contributed by atoms with E-state index in [1.807, 2.05) is 0 Å². The maximum Gasteiger partial charge on any atom is 0.272 e. The lowest BCUT2D eigenvalue weighted by atomic mass is 10.3. The minimum absolute atomic E-state index is 0.0290. The van der Waals surface area contributed by atoms with Gasteiger partial charge in [-0.2, -0.15) is 0 Å². The average Bonchev–Trinajstić information content (AvgIpc) is 2.26. The largest absolute Gasteiger partial charge is 0.272 e. The van der Waals surface area contributed by atoms with Crippen molar-refractivity contribution in [2.45, 2.75) is 11.8 Å². The monoisotopic (exact) mass is 274 g/mol. The van der Waals surface area contributed by atoms with E-state index in [1.165, 1.54) is 0 Å². The van der Waals surface area contributed by atoms with Crippen LogP contribution < -0.4 is 4.72 Å². The highest BCUT2D eigenvalue weighted by Gasteiger charge is 2.21. The summed E-state index contributed by atoms with van der Waals surface area (Å²) in [6.45, 7) is 5.08. The summed E-state index contributed by atoms with van der Waals surface area (Å²) in [4.78, 5) is 8.96. The molecule has 0 atom stereocenters. The highest BCUT2D eigenvalue weighted by atomic mass is 32.2. The SMILES string of the molecule is C=C(C)CNS(=O)(=O)c1ccc([N+](=O)[O-])cc1F. The summed E-state index contributed by atoms with van der Waals surface area (Å²) in [7, 11) is -4.04. The predicted octanol–water partition coefficient (Wildman–Crippen LogP) is 1.59. The molecular formula is C10H11FN2O4S. The number of hydrogen-bond acceptors (Lipinski definition) is 4. The molecule has 0 bridgehead atoms. The van der Waals surface area contributed by atoms with Gasteiger partial charge in [-0.25, -0.2) is 17.5 Å². The van der Waals surface area contributed by atoms with E-state index in [-0.39, 0.29) is 6.54 Å². The van der Waals surface area contributed by atoms with Gasteiger partial charge in [0.1, 0.15) is 10.7 Å². The van der Waals surface area contributed by atoms with Crippen LogP contribution in [0.5, 0.6) is 0 Å². The molecular weight excluding hydrogens is 263 g/mol. The number of nitro groups is 1. The number of benzene rings is 1. The second-order valence-electron chi connectivity index (χ2n) is 3.65. The number of nitrogens with one attached hydrogen (secondary N) is 1. The third-order valence-electron chi connectivity index (χ3n) is 1.98. The summed E-state index contributed by atoms with van der Waals surface area (Å²) >= 11 is 0. The Morgan fingerprint density at radius 3 is 2.61 bits per heavy atom. The van der Waals surface area contributed by atoms with E-state index in [0.29, 0.717) is 11.6 Å². The number of nitro benzene ring substituents is 1. The summed E-state index contributed by atoms with van der Waals surface area (Å²) in [6, 6.07) is 2.35. The summed E-state index contributed by atoms with van der Waals surface area (Å²) in [5, 5.41) is 10.4. The van der Waals surface area contributed by atoms with Crippen molar-refractivity contribution in [3.63, 3.8) is 0 Å². The third-order valence-corrected chi connectivity index (χ3v) is 3.41. The van der Waals surface area contributed by atoms with Crippen molar-refractivity contribution in [2.75, 3.05) is 6.54 Å². The summed E-state index contributed by atoms with van der Waals surface area (Å²) < 4.78 is 39.0. The summed E-state index contributed by atoms with van der Waals surface area (Å²) in [5.74, 6) is -1.17. The van der Waals surface area contributed by atoms with E-state index >= 15 is 0 Å². The topological polar surface area (TPSA) is 89.3 Å². The lowest BCUT2D eigenvalue weighted by molar-refractivity contribution is -0.385. The van der Waals surface area contributed by atoms with E-state index in [4.69, 9.17) is 0 Å². The van der Waals surface area contributed by atoms with Crippen LogP contribution in [-0.2, 0) is 10.0 Å². The van der Waals surface area contributed by atoms with Crippen LogP contribution >= 0.6 is 0 Å². The number of halogens is 1. The van der Waals surface area contributed by atoms with Gasteiger partial charge in [0.2, 0.25) is 10.0 Å². The zero-order valence-electron chi connectivity index (χ0n) is 9.51. The van der Waals surface area contributed by atoms with Crippen LogP contribution in [-0.4, -0.2) is 19.9 Å².